The second kappa shape index (κ2) is 16.9. The minimum Gasteiger partial charge on any atom is -0.481 e. The lowest BCUT2D eigenvalue weighted by Crippen LogP contribution is -2.59. The number of carboxylic acids is 2. The van der Waals surface area contributed by atoms with E-state index in [0.29, 0.717) is 5.56 Å². The number of rotatable bonds is 17. The first-order chi connectivity index (χ1) is 18.7. The average Bonchev–Trinajstić information content (AvgIpc) is 2.88. The molecule has 0 aromatic heterocycles. The van der Waals surface area contributed by atoms with Gasteiger partial charge in [-0.3, -0.25) is 24.0 Å². The standard InChI is InChI=1S/C27H41N5O8/c1-15(2)12-19(29-21(33)14-28)25(37)31-20(13-17-8-6-5-7-9-17)26(38)30-18(10-11-22(34)35)24(36)32-23(16(3)4)27(39)40/h5-9,15-16,18-20,23H,10-14,28H2,1-4H3,(H,29,33)(H,30,38)(H,31,37)(H,32,36)(H,34,35)(H,39,40)/t18-,19-,20-,23-/m0/s1. The topological polar surface area (TPSA) is 217 Å². The first-order valence-corrected chi connectivity index (χ1v) is 13.1. The Kier molecular flexibility index (Phi) is 14.3. The van der Waals surface area contributed by atoms with Gasteiger partial charge in [0.15, 0.2) is 0 Å². The van der Waals surface area contributed by atoms with E-state index in [4.69, 9.17) is 10.8 Å². The van der Waals surface area contributed by atoms with Crippen LogP contribution < -0.4 is 27.0 Å². The first kappa shape index (κ1) is 34.0. The normalized spacial score (nSPS) is 14.0. The van der Waals surface area contributed by atoms with Gasteiger partial charge >= 0.3 is 11.9 Å². The van der Waals surface area contributed by atoms with Crippen LogP contribution in [0.1, 0.15) is 52.5 Å². The molecule has 40 heavy (non-hydrogen) atoms. The van der Waals surface area contributed by atoms with Crippen molar-refractivity contribution in [1.29, 1.82) is 0 Å². The summed E-state index contributed by atoms with van der Waals surface area (Å²) in [6.07, 6.45) is -0.498. The summed E-state index contributed by atoms with van der Waals surface area (Å²) in [5.41, 5.74) is 6.07. The number of hydrogen-bond acceptors (Lipinski definition) is 7. The van der Waals surface area contributed by atoms with Crippen LogP contribution in [-0.4, -0.2) is 76.5 Å². The summed E-state index contributed by atoms with van der Waals surface area (Å²) in [4.78, 5) is 74.3. The van der Waals surface area contributed by atoms with Crippen LogP contribution in [0.5, 0.6) is 0 Å². The highest BCUT2D eigenvalue weighted by Crippen LogP contribution is 2.10. The predicted octanol–water partition coefficient (Wildman–Crippen LogP) is -0.221. The van der Waals surface area contributed by atoms with Crippen molar-refractivity contribution < 1.29 is 39.0 Å². The number of benzene rings is 1. The first-order valence-electron chi connectivity index (χ1n) is 13.1. The Bertz CT molecular complexity index is 1030. The molecule has 1 aromatic rings. The zero-order valence-corrected chi connectivity index (χ0v) is 23.3. The molecule has 0 bridgehead atoms. The molecule has 0 fully saturated rings. The largest absolute Gasteiger partial charge is 0.481 e. The van der Waals surface area contributed by atoms with Crippen LogP contribution in [-0.2, 0) is 35.2 Å². The van der Waals surface area contributed by atoms with Crippen molar-refractivity contribution in [3.63, 3.8) is 0 Å². The molecule has 13 heteroatoms. The van der Waals surface area contributed by atoms with Crippen molar-refractivity contribution >= 4 is 35.6 Å². The van der Waals surface area contributed by atoms with E-state index in [0.717, 1.165) is 0 Å². The van der Waals surface area contributed by atoms with Crippen molar-refractivity contribution in [1.82, 2.24) is 21.3 Å². The van der Waals surface area contributed by atoms with Crippen molar-refractivity contribution in [2.75, 3.05) is 6.54 Å². The van der Waals surface area contributed by atoms with Crippen LogP contribution in [0.3, 0.4) is 0 Å². The van der Waals surface area contributed by atoms with E-state index in [1.54, 1.807) is 44.2 Å². The van der Waals surface area contributed by atoms with Gasteiger partial charge in [-0.25, -0.2) is 4.79 Å². The molecule has 4 amide bonds. The van der Waals surface area contributed by atoms with Crippen LogP contribution in [0.25, 0.3) is 0 Å². The maximum absolute atomic E-state index is 13.4. The van der Waals surface area contributed by atoms with Crippen LogP contribution in [0, 0.1) is 11.8 Å². The second-order valence-corrected chi connectivity index (χ2v) is 10.3. The lowest BCUT2D eigenvalue weighted by Gasteiger charge is -2.27. The lowest BCUT2D eigenvalue weighted by molar-refractivity contribution is -0.144. The van der Waals surface area contributed by atoms with E-state index in [1.807, 2.05) is 13.8 Å². The highest BCUT2D eigenvalue weighted by molar-refractivity contribution is 5.95. The van der Waals surface area contributed by atoms with Crippen LogP contribution in [0.2, 0.25) is 0 Å². The molecule has 0 aliphatic rings. The van der Waals surface area contributed by atoms with E-state index < -0.39 is 72.1 Å². The molecule has 0 saturated carbocycles. The number of hydrogen-bond donors (Lipinski definition) is 7. The number of nitrogens with one attached hydrogen (secondary N) is 4. The van der Waals surface area contributed by atoms with Gasteiger partial charge in [0.05, 0.1) is 6.54 Å². The molecule has 4 atom stereocenters. The number of carbonyl (C=O) groups excluding carboxylic acids is 4. The fourth-order valence-electron chi connectivity index (χ4n) is 3.86. The molecule has 13 nitrogen and oxygen atoms in total. The summed E-state index contributed by atoms with van der Waals surface area (Å²) >= 11 is 0. The minimum absolute atomic E-state index is 0.0162. The summed E-state index contributed by atoms with van der Waals surface area (Å²) in [5, 5.41) is 28.6. The monoisotopic (exact) mass is 563 g/mol. The van der Waals surface area contributed by atoms with E-state index in [-0.39, 0.29) is 31.7 Å². The van der Waals surface area contributed by atoms with Crippen molar-refractivity contribution in [3.05, 3.63) is 35.9 Å². The molecule has 0 heterocycles. The van der Waals surface area contributed by atoms with Gasteiger partial charge in [0.25, 0.3) is 0 Å². The Hall–Kier alpha value is -4.00. The van der Waals surface area contributed by atoms with Gasteiger partial charge in [-0.15, -0.1) is 0 Å². The molecule has 222 valence electrons. The zero-order chi connectivity index (χ0) is 30.4. The molecule has 1 aromatic carbocycles. The van der Waals surface area contributed by atoms with Crippen LogP contribution in [0.15, 0.2) is 30.3 Å². The molecule has 0 saturated heterocycles. The van der Waals surface area contributed by atoms with E-state index in [9.17, 15) is 33.9 Å². The summed E-state index contributed by atoms with van der Waals surface area (Å²) in [7, 11) is 0. The third-order valence-electron chi connectivity index (χ3n) is 5.97. The Balaban J connectivity index is 3.25. The van der Waals surface area contributed by atoms with E-state index in [2.05, 4.69) is 21.3 Å². The SMILES string of the molecule is CC(C)C[C@H](NC(=O)CN)C(=O)N[C@@H](Cc1ccccc1)C(=O)N[C@@H](CCC(=O)O)C(=O)N[C@H](C(=O)O)C(C)C. The third-order valence-corrected chi connectivity index (χ3v) is 5.97. The van der Waals surface area contributed by atoms with Crippen molar-refractivity contribution in [2.24, 2.45) is 17.6 Å². The van der Waals surface area contributed by atoms with Gasteiger partial charge in [0.2, 0.25) is 23.6 Å². The Labute approximate surface area is 233 Å². The molecule has 1 rings (SSSR count). The fraction of sp³-hybridized carbons (Fsp3) is 0.556. The molecule has 0 unspecified atom stereocenters. The summed E-state index contributed by atoms with van der Waals surface area (Å²) < 4.78 is 0. The number of carbonyl (C=O) groups is 6. The predicted molar refractivity (Wildman–Crippen MR) is 146 cm³/mol. The summed E-state index contributed by atoms with van der Waals surface area (Å²) in [6.45, 7) is 6.56. The second-order valence-electron chi connectivity index (χ2n) is 10.3. The Morgan fingerprint density at radius 1 is 0.775 bits per heavy atom. The smallest absolute Gasteiger partial charge is 0.326 e. The van der Waals surface area contributed by atoms with E-state index in [1.165, 1.54) is 0 Å². The van der Waals surface area contributed by atoms with Gasteiger partial charge < -0.3 is 37.2 Å². The minimum atomic E-state index is -1.39. The lowest BCUT2D eigenvalue weighted by atomic mass is 10.00. The highest BCUT2D eigenvalue weighted by Gasteiger charge is 2.32. The molecular formula is C27H41N5O8. The highest BCUT2D eigenvalue weighted by atomic mass is 16.4. The van der Waals surface area contributed by atoms with Crippen LogP contribution >= 0.6 is 0 Å². The van der Waals surface area contributed by atoms with Gasteiger partial charge in [0.1, 0.15) is 24.2 Å². The number of nitrogens with two attached hydrogens (primary N) is 1. The Morgan fingerprint density at radius 2 is 1.32 bits per heavy atom. The van der Waals surface area contributed by atoms with Crippen LogP contribution in [0.4, 0.5) is 0 Å². The van der Waals surface area contributed by atoms with Gasteiger partial charge in [0, 0.05) is 12.8 Å². The third kappa shape index (κ3) is 12.2. The maximum atomic E-state index is 13.4. The molecular weight excluding hydrogens is 522 g/mol. The van der Waals surface area contributed by atoms with Gasteiger partial charge in [-0.05, 0) is 30.2 Å². The van der Waals surface area contributed by atoms with Crippen molar-refractivity contribution in [3.8, 4) is 0 Å². The van der Waals surface area contributed by atoms with E-state index >= 15 is 0 Å². The summed E-state index contributed by atoms with van der Waals surface area (Å²) in [6, 6.07) is 3.91. The Morgan fingerprint density at radius 3 is 1.82 bits per heavy atom. The number of aliphatic carboxylic acids is 2. The van der Waals surface area contributed by atoms with Gasteiger partial charge in [-0.1, -0.05) is 58.0 Å². The number of carboxylic acid groups (broad SMARTS) is 2. The maximum Gasteiger partial charge on any atom is 0.326 e. The van der Waals surface area contributed by atoms with Gasteiger partial charge in [-0.2, -0.15) is 0 Å². The quantitative estimate of drug-likeness (QED) is 0.133. The molecule has 0 aliphatic heterocycles. The summed E-state index contributed by atoms with van der Waals surface area (Å²) in [5.74, 6) is -5.80. The molecule has 0 radical (unpaired) electrons. The average molecular weight is 564 g/mol. The molecule has 8 N–H and O–H groups in total. The number of amides is 4. The molecule has 0 aliphatic carbocycles. The molecule has 0 spiro atoms. The zero-order valence-electron chi connectivity index (χ0n) is 23.3. The van der Waals surface area contributed by atoms with Crippen molar-refractivity contribution in [2.45, 2.75) is 77.5 Å². The fourth-order valence-corrected chi connectivity index (χ4v) is 3.86.